The molecule has 1 N–H and O–H groups in total. The van der Waals surface area contributed by atoms with Crippen molar-refractivity contribution in [2.45, 2.75) is 17.1 Å². The van der Waals surface area contributed by atoms with Gasteiger partial charge in [-0.15, -0.1) is 0 Å². The van der Waals surface area contributed by atoms with Crippen LogP contribution < -0.4 is 0 Å². The Balaban J connectivity index is 2.25. The highest BCUT2D eigenvalue weighted by Crippen LogP contribution is 2.23. The van der Waals surface area contributed by atoms with Gasteiger partial charge >= 0.3 is 0 Å². The molecule has 2 aromatic rings. The second-order valence-corrected chi connectivity index (χ2v) is 4.29. The average molecular weight is 272 g/mol. The zero-order valence-electron chi connectivity index (χ0n) is 7.23. The number of hydrogen-bond donors (Lipinski definition) is 1. The topological polar surface area (TPSA) is 67.3 Å². The Morgan fingerprint density at radius 2 is 2.29 bits per heavy atom. The SMILES string of the molecule is Cc1nc(Br)cc(Sc2ncn[nH]2)n1. The van der Waals surface area contributed by atoms with Crippen LogP contribution in [0.15, 0.2) is 27.2 Å². The molecule has 0 aliphatic carbocycles. The van der Waals surface area contributed by atoms with Crippen LogP contribution in [0.4, 0.5) is 0 Å². The van der Waals surface area contributed by atoms with Crippen LogP contribution in [0.1, 0.15) is 5.82 Å². The monoisotopic (exact) mass is 271 g/mol. The van der Waals surface area contributed by atoms with Crippen LogP contribution in [0.2, 0.25) is 0 Å². The molecular formula is C7H6BrN5S. The number of nitrogens with zero attached hydrogens (tertiary/aromatic N) is 4. The summed E-state index contributed by atoms with van der Waals surface area (Å²) in [6.45, 7) is 1.84. The maximum atomic E-state index is 4.24. The van der Waals surface area contributed by atoms with E-state index in [4.69, 9.17) is 0 Å². The molecule has 72 valence electrons. The summed E-state index contributed by atoms with van der Waals surface area (Å²) in [5.74, 6) is 0.724. The second-order valence-electron chi connectivity index (χ2n) is 2.47. The summed E-state index contributed by atoms with van der Waals surface area (Å²) in [4.78, 5) is 12.3. The van der Waals surface area contributed by atoms with Gasteiger partial charge in [0, 0.05) is 6.07 Å². The molecule has 0 amide bonds. The minimum absolute atomic E-state index is 0.718. The molecule has 0 aromatic carbocycles. The van der Waals surface area contributed by atoms with E-state index in [-0.39, 0.29) is 0 Å². The summed E-state index contributed by atoms with van der Waals surface area (Å²) < 4.78 is 0.770. The molecule has 0 fully saturated rings. The average Bonchev–Trinajstić information content (AvgIpc) is 2.54. The van der Waals surface area contributed by atoms with Gasteiger partial charge in [-0.25, -0.2) is 15.0 Å². The van der Waals surface area contributed by atoms with Gasteiger partial charge in [0.25, 0.3) is 0 Å². The third-order valence-electron chi connectivity index (χ3n) is 1.38. The maximum Gasteiger partial charge on any atom is 0.189 e. The van der Waals surface area contributed by atoms with Crippen molar-refractivity contribution < 1.29 is 0 Å². The molecule has 0 spiro atoms. The Morgan fingerprint density at radius 1 is 1.43 bits per heavy atom. The lowest BCUT2D eigenvalue weighted by atomic mass is 10.6. The number of aromatic amines is 1. The Hall–Kier alpha value is -0.950. The standard InChI is InChI=1S/C7H6BrN5S/c1-4-11-5(8)2-6(12-4)14-7-9-3-10-13-7/h2-3H,1H3,(H,9,10,13). The molecule has 0 aliphatic rings. The molecule has 0 bridgehead atoms. The highest BCUT2D eigenvalue weighted by atomic mass is 79.9. The van der Waals surface area contributed by atoms with Crippen LogP contribution in [-0.4, -0.2) is 25.1 Å². The van der Waals surface area contributed by atoms with E-state index in [2.05, 4.69) is 41.1 Å². The summed E-state index contributed by atoms with van der Waals surface area (Å²) in [5.41, 5.74) is 0. The minimum Gasteiger partial charge on any atom is -0.254 e. The van der Waals surface area contributed by atoms with Crippen LogP contribution in [-0.2, 0) is 0 Å². The normalized spacial score (nSPS) is 10.4. The Labute approximate surface area is 92.9 Å². The maximum absolute atomic E-state index is 4.24. The molecule has 0 saturated carbocycles. The van der Waals surface area contributed by atoms with E-state index in [1.54, 1.807) is 0 Å². The van der Waals surface area contributed by atoms with Gasteiger partial charge in [-0.1, -0.05) is 0 Å². The molecule has 5 nitrogen and oxygen atoms in total. The molecule has 0 saturated heterocycles. The molecular weight excluding hydrogens is 266 g/mol. The number of halogens is 1. The Kier molecular flexibility index (Phi) is 2.78. The van der Waals surface area contributed by atoms with Crippen molar-refractivity contribution in [1.82, 2.24) is 25.1 Å². The van der Waals surface area contributed by atoms with Crippen molar-refractivity contribution >= 4 is 27.7 Å². The molecule has 0 unspecified atom stereocenters. The summed E-state index contributed by atoms with van der Waals surface area (Å²) in [6.07, 6.45) is 1.46. The van der Waals surface area contributed by atoms with Crippen molar-refractivity contribution in [2.24, 2.45) is 0 Å². The lowest BCUT2D eigenvalue weighted by molar-refractivity contribution is 0.933. The van der Waals surface area contributed by atoms with Crippen molar-refractivity contribution in [3.8, 4) is 0 Å². The number of rotatable bonds is 2. The van der Waals surface area contributed by atoms with Gasteiger partial charge in [0.05, 0.1) is 0 Å². The lowest BCUT2D eigenvalue weighted by Gasteiger charge is -1.98. The quantitative estimate of drug-likeness (QED) is 0.844. The van der Waals surface area contributed by atoms with Crippen LogP contribution >= 0.6 is 27.7 Å². The van der Waals surface area contributed by atoms with Crippen molar-refractivity contribution in [2.75, 3.05) is 0 Å². The molecule has 7 heteroatoms. The zero-order chi connectivity index (χ0) is 9.97. The molecule has 0 atom stereocenters. The first-order valence-corrected chi connectivity index (χ1v) is 5.39. The third-order valence-corrected chi connectivity index (χ3v) is 2.59. The van der Waals surface area contributed by atoms with Crippen LogP contribution in [0.5, 0.6) is 0 Å². The van der Waals surface area contributed by atoms with E-state index < -0.39 is 0 Å². The molecule has 2 aromatic heterocycles. The van der Waals surface area contributed by atoms with Gasteiger partial charge in [0.2, 0.25) is 0 Å². The van der Waals surface area contributed by atoms with Gasteiger partial charge in [-0.2, -0.15) is 5.10 Å². The van der Waals surface area contributed by atoms with Crippen LogP contribution in [0, 0.1) is 6.92 Å². The lowest BCUT2D eigenvalue weighted by Crippen LogP contribution is -1.90. The van der Waals surface area contributed by atoms with Crippen molar-refractivity contribution in [1.29, 1.82) is 0 Å². The highest BCUT2D eigenvalue weighted by Gasteiger charge is 2.03. The van der Waals surface area contributed by atoms with Gasteiger partial charge in [0.1, 0.15) is 21.8 Å². The van der Waals surface area contributed by atoms with Gasteiger partial charge in [0.15, 0.2) is 5.16 Å². The van der Waals surface area contributed by atoms with Gasteiger partial charge < -0.3 is 0 Å². The number of nitrogens with one attached hydrogen (secondary N) is 1. The fourth-order valence-corrected chi connectivity index (χ4v) is 2.27. The number of hydrogen-bond acceptors (Lipinski definition) is 5. The first-order chi connectivity index (χ1) is 6.74. The van der Waals surface area contributed by atoms with Crippen molar-refractivity contribution in [3.63, 3.8) is 0 Å². The summed E-state index contributed by atoms with van der Waals surface area (Å²) >= 11 is 4.72. The predicted octanol–water partition coefficient (Wildman–Crippen LogP) is 1.82. The Bertz CT molecular complexity index is 409. The van der Waals surface area contributed by atoms with E-state index in [9.17, 15) is 0 Å². The van der Waals surface area contributed by atoms with Crippen LogP contribution in [0.3, 0.4) is 0 Å². The molecule has 2 heterocycles. The third kappa shape index (κ3) is 2.30. The molecule has 0 radical (unpaired) electrons. The van der Waals surface area contributed by atoms with Crippen molar-refractivity contribution in [3.05, 3.63) is 22.8 Å². The van der Waals surface area contributed by atoms with E-state index in [1.165, 1.54) is 18.1 Å². The fourth-order valence-electron chi connectivity index (χ4n) is 0.900. The number of aryl methyl sites for hydroxylation is 1. The van der Waals surface area contributed by atoms with E-state index in [1.807, 2.05) is 13.0 Å². The number of aromatic nitrogens is 5. The molecule has 2 rings (SSSR count). The Morgan fingerprint density at radius 3 is 2.93 bits per heavy atom. The van der Waals surface area contributed by atoms with E-state index in [0.29, 0.717) is 0 Å². The van der Waals surface area contributed by atoms with Crippen LogP contribution in [0.25, 0.3) is 0 Å². The molecule has 14 heavy (non-hydrogen) atoms. The predicted molar refractivity (Wildman–Crippen MR) is 55.0 cm³/mol. The largest absolute Gasteiger partial charge is 0.254 e. The van der Waals surface area contributed by atoms with E-state index >= 15 is 0 Å². The van der Waals surface area contributed by atoms with Gasteiger partial charge in [-0.3, -0.25) is 5.10 Å². The second kappa shape index (κ2) is 4.05. The zero-order valence-corrected chi connectivity index (χ0v) is 9.63. The number of H-pyrrole nitrogens is 1. The first-order valence-electron chi connectivity index (χ1n) is 3.78. The summed E-state index contributed by atoms with van der Waals surface area (Å²) in [7, 11) is 0. The highest BCUT2D eigenvalue weighted by molar-refractivity contribution is 9.10. The smallest absolute Gasteiger partial charge is 0.189 e. The summed E-state index contributed by atoms with van der Waals surface area (Å²) in [6, 6.07) is 1.83. The van der Waals surface area contributed by atoms with Gasteiger partial charge in [-0.05, 0) is 34.6 Å². The first kappa shape index (κ1) is 9.60. The minimum atomic E-state index is 0.718. The van der Waals surface area contributed by atoms with E-state index in [0.717, 1.165) is 20.6 Å². The summed E-state index contributed by atoms with van der Waals surface area (Å²) in [5, 5.41) is 8.05. The fraction of sp³-hybridized carbons (Fsp3) is 0.143. The molecule has 0 aliphatic heterocycles.